The van der Waals surface area contributed by atoms with Crippen LogP contribution in [0.25, 0.3) is 26.4 Å². The Bertz CT molecular complexity index is 1390. The van der Waals surface area contributed by atoms with Gasteiger partial charge in [-0.3, -0.25) is 9.20 Å². The molecule has 2 aromatic carbocycles. The van der Waals surface area contributed by atoms with E-state index in [4.69, 9.17) is 4.98 Å². The van der Waals surface area contributed by atoms with Crippen LogP contribution in [0.3, 0.4) is 0 Å². The Hall–Kier alpha value is -2.23. The molecule has 0 radical (unpaired) electrons. The zero-order chi connectivity index (χ0) is 24.5. The Labute approximate surface area is 238 Å². The van der Waals surface area contributed by atoms with Crippen LogP contribution in [-0.4, -0.2) is 52.9 Å². The molecule has 2 aliphatic rings. The lowest BCUT2D eigenvalue weighted by Gasteiger charge is -2.26. The molecule has 38 heavy (non-hydrogen) atoms. The largest absolute Gasteiger partial charge is 0.352 e. The molecule has 2 N–H and O–H groups in total. The molecule has 1 atom stereocenters. The zero-order valence-electron chi connectivity index (χ0n) is 21.2. The lowest BCUT2D eigenvalue weighted by atomic mass is 10.0. The van der Waals surface area contributed by atoms with Gasteiger partial charge >= 0.3 is 0 Å². The molecule has 0 aliphatic carbocycles. The molecule has 1 amide bonds. The molecule has 2 aliphatic heterocycles. The first-order valence-electron chi connectivity index (χ1n) is 13.1. The van der Waals surface area contributed by atoms with Gasteiger partial charge < -0.3 is 15.5 Å². The van der Waals surface area contributed by atoms with Gasteiger partial charge in [0.05, 0.1) is 15.9 Å². The minimum Gasteiger partial charge on any atom is -0.352 e. The van der Waals surface area contributed by atoms with Crippen molar-refractivity contribution in [3.63, 3.8) is 0 Å². The van der Waals surface area contributed by atoms with Gasteiger partial charge in [0.2, 0.25) is 0 Å². The number of hydrogen-bond donors (Lipinski definition) is 2. The third-order valence-electron chi connectivity index (χ3n) is 7.47. The van der Waals surface area contributed by atoms with Crippen molar-refractivity contribution in [1.29, 1.82) is 0 Å². The maximum Gasteiger partial charge on any atom is 0.251 e. The van der Waals surface area contributed by atoms with Gasteiger partial charge in [0.25, 0.3) is 5.91 Å². The second-order valence-electron chi connectivity index (χ2n) is 9.96. The number of hydrogen-bond acceptors (Lipinski definition) is 5. The summed E-state index contributed by atoms with van der Waals surface area (Å²) in [4.78, 5) is 20.7. The van der Waals surface area contributed by atoms with Gasteiger partial charge in [-0.25, -0.2) is 9.37 Å². The summed E-state index contributed by atoms with van der Waals surface area (Å²) < 4.78 is 18.0. The van der Waals surface area contributed by atoms with E-state index in [-0.39, 0.29) is 42.6 Å². The molecule has 0 unspecified atom stereocenters. The van der Waals surface area contributed by atoms with E-state index in [1.165, 1.54) is 43.7 Å². The number of carbonyl (C=O) groups is 1. The molecular formula is C28H34Cl2FN5OS. The maximum absolute atomic E-state index is 15.0. The van der Waals surface area contributed by atoms with E-state index >= 15 is 0 Å². The average Bonchev–Trinajstić information content (AvgIpc) is 3.63. The molecule has 204 valence electrons. The maximum atomic E-state index is 15.0. The normalized spacial score (nSPS) is 17.9. The molecule has 2 aromatic heterocycles. The summed E-state index contributed by atoms with van der Waals surface area (Å²) in [5.74, 6) is -0.281. The van der Waals surface area contributed by atoms with E-state index < -0.39 is 0 Å². The molecule has 4 heterocycles. The molecule has 0 spiro atoms. The Morgan fingerprint density at radius 3 is 2.71 bits per heavy atom. The van der Waals surface area contributed by atoms with Gasteiger partial charge in [0.1, 0.15) is 5.82 Å². The molecule has 6 rings (SSSR count). The van der Waals surface area contributed by atoms with Crippen LogP contribution in [0.5, 0.6) is 0 Å². The highest BCUT2D eigenvalue weighted by atomic mass is 35.5. The number of amides is 1. The fourth-order valence-corrected chi connectivity index (χ4v) is 6.53. The van der Waals surface area contributed by atoms with E-state index in [0.717, 1.165) is 53.1 Å². The van der Waals surface area contributed by atoms with E-state index in [2.05, 4.69) is 15.5 Å². The number of rotatable bonds is 7. The van der Waals surface area contributed by atoms with Gasteiger partial charge in [-0.15, -0.1) is 24.8 Å². The number of likely N-dealkylation sites (tertiary alicyclic amines) is 1. The first kappa shape index (κ1) is 28.8. The Morgan fingerprint density at radius 2 is 1.95 bits per heavy atom. The van der Waals surface area contributed by atoms with E-state index in [1.54, 1.807) is 6.07 Å². The zero-order valence-corrected chi connectivity index (χ0v) is 23.7. The van der Waals surface area contributed by atoms with Crippen molar-refractivity contribution in [1.82, 2.24) is 24.9 Å². The van der Waals surface area contributed by atoms with Crippen LogP contribution >= 0.6 is 36.2 Å². The quantitative estimate of drug-likeness (QED) is 0.256. The van der Waals surface area contributed by atoms with Gasteiger partial charge in [-0.2, -0.15) is 0 Å². The number of nitrogens with one attached hydrogen (secondary N) is 2. The van der Waals surface area contributed by atoms with Crippen LogP contribution in [0.4, 0.5) is 4.39 Å². The summed E-state index contributed by atoms with van der Waals surface area (Å²) in [5.41, 5.74) is 3.77. The number of piperidine rings is 1. The summed E-state index contributed by atoms with van der Waals surface area (Å²) >= 11 is 1.52. The first-order valence-corrected chi connectivity index (χ1v) is 13.9. The van der Waals surface area contributed by atoms with Crippen LogP contribution in [0, 0.1) is 5.82 Å². The molecular weight excluding hydrogens is 544 g/mol. The molecule has 0 bridgehead atoms. The lowest BCUT2D eigenvalue weighted by Crippen LogP contribution is -2.33. The number of carbonyl (C=O) groups excluding carboxylic acids is 1. The predicted octanol–water partition coefficient (Wildman–Crippen LogP) is 6.23. The number of halogens is 3. The Morgan fingerprint density at radius 1 is 1.11 bits per heavy atom. The molecule has 2 fully saturated rings. The highest BCUT2D eigenvalue weighted by molar-refractivity contribution is 7.23. The van der Waals surface area contributed by atoms with Crippen molar-refractivity contribution < 1.29 is 9.18 Å². The fraction of sp³-hybridized carbons (Fsp3) is 0.429. The summed E-state index contributed by atoms with van der Waals surface area (Å²) in [5, 5.41) is 6.48. The van der Waals surface area contributed by atoms with Gasteiger partial charge in [-0.1, -0.05) is 23.8 Å². The van der Waals surface area contributed by atoms with E-state index in [9.17, 15) is 9.18 Å². The van der Waals surface area contributed by atoms with E-state index in [1.807, 2.05) is 40.9 Å². The van der Waals surface area contributed by atoms with Crippen LogP contribution < -0.4 is 10.6 Å². The number of thiazole rings is 1. The second-order valence-corrected chi connectivity index (χ2v) is 11.0. The summed E-state index contributed by atoms with van der Waals surface area (Å²) in [7, 11) is 0. The van der Waals surface area contributed by atoms with Crippen LogP contribution in [0.15, 0.2) is 42.6 Å². The highest BCUT2D eigenvalue weighted by Gasteiger charge is 2.19. The third-order valence-corrected chi connectivity index (χ3v) is 8.49. The minimum atomic E-state index is -0.240. The number of nitrogens with zero attached hydrogens (tertiary/aromatic N) is 3. The lowest BCUT2D eigenvalue weighted by molar-refractivity contribution is 0.0951. The first-order chi connectivity index (χ1) is 17.7. The van der Waals surface area contributed by atoms with Gasteiger partial charge in [0, 0.05) is 29.9 Å². The topological polar surface area (TPSA) is 61.7 Å². The van der Waals surface area contributed by atoms with Gasteiger partial charge in [0.15, 0.2) is 4.96 Å². The average molecular weight is 579 g/mol. The SMILES string of the molecule is Cl.Cl.O=C(NCCCN1CCCCC1)c1ccc2c(c1)sc1nc(-c3ccc([C@@H]4CCCN4)cc3F)cn12. The van der Waals surface area contributed by atoms with Crippen molar-refractivity contribution in [2.45, 2.75) is 44.6 Å². The van der Waals surface area contributed by atoms with Crippen molar-refractivity contribution in [3.8, 4) is 11.3 Å². The van der Waals surface area contributed by atoms with Crippen molar-refractivity contribution in [2.24, 2.45) is 0 Å². The van der Waals surface area contributed by atoms with Crippen LogP contribution in [0.1, 0.15) is 60.5 Å². The smallest absolute Gasteiger partial charge is 0.251 e. The standard InChI is InChI=1S/C28H32FN5OS.2ClH/c29-22-16-19(23-6-4-11-30-23)7-9-21(22)24-18-34-25-10-8-20(17-26(25)36-28(34)32-24)27(35)31-12-5-15-33-13-2-1-3-14-33;;/h7-10,16-18,23,30H,1-6,11-15H2,(H,31,35);2*1H/t23-;;/m0../s1. The Balaban J connectivity index is 0.00000168. The highest BCUT2D eigenvalue weighted by Crippen LogP contribution is 2.32. The molecule has 4 aromatic rings. The summed E-state index contributed by atoms with van der Waals surface area (Å²) in [6.45, 7) is 5.08. The fourth-order valence-electron chi connectivity index (χ4n) is 5.49. The molecule has 0 saturated carbocycles. The van der Waals surface area contributed by atoms with Crippen molar-refractivity contribution >= 4 is 57.2 Å². The number of fused-ring (bicyclic) bond motifs is 3. The number of benzene rings is 2. The Kier molecular flexibility index (Phi) is 9.65. The summed E-state index contributed by atoms with van der Waals surface area (Å²) in [6.07, 6.45) is 8.95. The molecule has 6 nitrogen and oxygen atoms in total. The van der Waals surface area contributed by atoms with E-state index in [0.29, 0.717) is 23.4 Å². The second kappa shape index (κ2) is 12.7. The predicted molar refractivity (Wildman–Crippen MR) is 158 cm³/mol. The molecule has 10 heteroatoms. The summed E-state index contributed by atoms with van der Waals surface area (Å²) in [6, 6.07) is 11.5. The van der Waals surface area contributed by atoms with Crippen molar-refractivity contribution in [3.05, 3.63) is 59.5 Å². The minimum absolute atomic E-state index is 0. The number of imidazole rings is 1. The van der Waals surface area contributed by atoms with Gasteiger partial charge in [-0.05, 0) is 94.2 Å². The van der Waals surface area contributed by atoms with Crippen LogP contribution in [0.2, 0.25) is 0 Å². The third kappa shape index (κ3) is 6.00. The molecule has 2 saturated heterocycles. The van der Waals surface area contributed by atoms with Crippen molar-refractivity contribution in [2.75, 3.05) is 32.7 Å². The number of aromatic nitrogens is 2. The monoisotopic (exact) mass is 577 g/mol. The van der Waals surface area contributed by atoms with Crippen LogP contribution in [-0.2, 0) is 0 Å².